The summed E-state index contributed by atoms with van der Waals surface area (Å²) < 4.78 is 5.28. The minimum absolute atomic E-state index is 0.0344. The number of benzene rings is 4. The van der Waals surface area contributed by atoms with Gasteiger partial charge in [0, 0.05) is 17.8 Å². The predicted molar refractivity (Wildman–Crippen MR) is 142 cm³/mol. The molecule has 0 aromatic heterocycles. The predicted octanol–water partition coefficient (Wildman–Crippen LogP) is 5.99. The molecular weight excluding hydrogens is 472 g/mol. The zero-order valence-corrected chi connectivity index (χ0v) is 20.3. The molecule has 0 saturated carbocycles. The number of nitro benzene ring substituents is 1. The SMILES string of the molecule is COc1ccc2cc(CCC(O)CC(Nc3ccc(C(=O)O)cc3)c3cccc([N+](=O)[O-])c3)ccc2c1. The molecule has 0 heterocycles. The number of hydrogen-bond acceptors (Lipinski definition) is 6. The smallest absolute Gasteiger partial charge is 0.335 e. The van der Waals surface area contributed by atoms with Crippen LogP contribution in [0.5, 0.6) is 5.75 Å². The lowest BCUT2D eigenvalue weighted by atomic mass is 9.95. The first-order valence-corrected chi connectivity index (χ1v) is 11.9. The third-order valence-electron chi connectivity index (χ3n) is 6.34. The number of nitrogens with zero attached hydrogens (tertiary/aromatic N) is 1. The number of carboxylic acid groups (broad SMARTS) is 1. The van der Waals surface area contributed by atoms with Crippen molar-refractivity contribution in [1.82, 2.24) is 0 Å². The number of rotatable bonds is 11. The van der Waals surface area contributed by atoms with Gasteiger partial charge in [0.1, 0.15) is 5.75 Å². The summed E-state index contributed by atoms with van der Waals surface area (Å²) in [5.74, 6) is -0.224. The van der Waals surface area contributed by atoms with Crippen LogP contribution in [0.15, 0.2) is 84.9 Å². The molecule has 0 aliphatic carbocycles. The zero-order valence-electron chi connectivity index (χ0n) is 20.3. The van der Waals surface area contributed by atoms with Gasteiger partial charge in [-0.05, 0) is 77.6 Å². The molecule has 37 heavy (non-hydrogen) atoms. The van der Waals surface area contributed by atoms with E-state index in [1.807, 2.05) is 30.3 Å². The highest BCUT2D eigenvalue weighted by atomic mass is 16.6. The molecule has 190 valence electrons. The highest BCUT2D eigenvalue weighted by molar-refractivity contribution is 5.88. The van der Waals surface area contributed by atoms with E-state index in [0.29, 0.717) is 30.5 Å². The van der Waals surface area contributed by atoms with Gasteiger partial charge in [0.15, 0.2) is 0 Å². The Balaban J connectivity index is 1.48. The number of anilines is 1. The molecule has 2 atom stereocenters. The van der Waals surface area contributed by atoms with Crippen molar-refractivity contribution in [1.29, 1.82) is 0 Å². The van der Waals surface area contributed by atoms with E-state index in [9.17, 15) is 20.0 Å². The van der Waals surface area contributed by atoms with E-state index >= 15 is 0 Å². The molecule has 4 rings (SSSR count). The van der Waals surface area contributed by atoms with Gasteiger partial charge < -0.3 is 20.3 Å². The zero-order chi connectivity index (χ0) is 26.4. The van der Waals surface area contributed by atoms with Crippen LogP contribution in [0.3, 0.4) is 0 Å². The maximum Gasteiger partial charge on any atom is 0.335 e. The van der Waals surface area contributed by atoms with E-state index in [0.717, 1.165) is 22.1 Å². The van der Waals surface area contributed by atoms with Gasteiger partial charge in [-0.1, -0.05) is 36.4 Å². The van der Waals surface area contributed by atoms with Gasteiger partial charge in [0.25, 0.3) is 5.69 Å². The third-order valence-corrected chi connectivity index (χ3v) is 6.34. The molecule has 0 spiro atoms. The van der Waals surface area contributed by atoms with E-state index in [1.165, 1.54) is 24.3 Å². The Morgan fingerprint density at radius 3 is 2.43 bits per heavy atom. The van der Waals surface area contributed by atoms with Gasteiger partial charge in [-0.2, -0.15) is 0 Å². The van der Waals surface area contributed by atoms with Gasteiger partial charge in [-0.25, -0.2) is 4.79 Å². The average molecular weight is 501 g/mol. The van der Waals surface area contributed by atoms with Gasteiger partial charge in [0.05, 0.1) is 29.7 Å². The van der Waals surface area contributed by atoms with Crippen molar-refractivity contribution in [2.45, 2.75) is 31.4 Å². The lowest BCUT2D eigenvalue weighted by molar-refractivity contribution is -0.384. The number of aryl methyl sites for hydroxylation is 1. The van der Waals surface area contributed by atoms with Crippen LogP contribution in [0, 0.1) is 10.1 Å². The standard InChI is InChI=1S/C29H28N2O6/c1-37-27-14-10-21-15-19(5-7-22(21)17-27)6-13-26(32)18-28(23-3-2-4-25(16-23)31(35)36)30-24-11-8-20(9-12-24)29(33)34/h2-5,7-12,14-17,26,28,30,32H,6,13,18H2,1H3,(H,33,34). The maximum atomic E-state index is 11.3. The second-order valence-corrected chi connectivity index (χ2v) is 8.91. The van der Waals surface area contributed by atoms with Crippen LogP contribution in [0.4, 0.5) is 11.4 Å². The van der Waals surface area contributed by atoms with Crippen molar-refractivity contribution in [3.05, 3.63) is 112 Å². The first-order valence-electron chi connectivity index (χ1n) is 11.9. The molecule has 4 aromatic carbocycles. The number of aromatic carboxylic acids is 1. The van der Waals surface area contributed by atoms with Crippen LogP contribution < -0.4 is 10.1 Å². The van der Waals surface area contributed by atoms with E-state index in [4.69, 9.17) is 9.84 Å². The summed E-state index contributed by atoms with van der Waals surface area (Å²) in [5.41, 5.74) is 2.54. The molecule has 4 aromatic rings. The lowest BCUT2D eigenvalue weighted by Gasteiger charge is -2.23. The van der Waals surface area contributed by atoms with Crippen molar-refractivity contribution in [2.75, 3.05) is 12.4 Å². The van der Waals surface area contributed by atoms with Crippen LogP contribution in [0.1, 0.15) is 40.4 Å². The summed E-state index contributed by atoms with van der Waals surface area (Å²) in [6, 6.07) is 24.2. The Morgan fingerprint density at radius 2 is 1.73 bits per heavy atom. The number of methoxy groups -OCH3 is 1. The highest BCUT2D eigenvalue weighted by Gasteiger charge is 2.19. The lowest BCUT2D eigenvalue weighted by Crippen LogP contribution is -2.19. The molecule has 0 amide bonds. The summed E-state index contributed by atoms with van der Waals surface area (Å²) in [4.78, 5) is 22.0. The molecule has 3 N–H and O–H groups in total. The number of carboxylic acids is 1. The largest absolute Gasteiger partial charge is 0.497 e. The minimum Gasteiger partial charge on any atom is -0.497 e. The number of aliphatic hydroxyl groups excluding tert-OH is 1. The van der Waals surface area contributed by atoms with Crippen molar-refractivity contribution in [3.8, 4) is 5.75 Å². The topological polar surface area (TPSA) is 122 Å². The van der Waals surface area contributed by atoms with E-state index < -0.39 is 23.0 Å². The van der Waals surface area contributed by atoms with E-state index in [1.54, 1.807) is 31.4 Å². The normalized spacial score (nSPS) is 12.6. The number of nitrogens with one attached hydrogen (secondary N) is 1. The van der Waals surface area contributed by atoms with Gasteiger partial charge in [0.2, 0.25) is 0 Å². The van der Waals surface area contributed by atoms with Gasteiger partial charge in [-0.15, -0.1) is 0 Å². The number of hydrogen-bond donors (Lipinski definition) is 3. The molecule has 8 nitrogen and oxygen atoms in total. The Hall–Kier alpha value is -4.43. The van der Waals surface area contributed by atoms with E-state index in [2.05, 4.69) is 11.4 Å². The van der Waals surface area contributed by atoms with Crippen LogP contribution >= 0.6 is 0 Å². The summed E-state index contributed by atoms with van der Waals surface area (Å²) in [5, 5.41) is 36.9. The summed E-state index contributed by atoms with van der Waals surface area (Å²) in [6.07, 6.45) is 0.805. The molecule has 0 bridgehead atoms. The number of carbonyl (C=O) groups is 1. The Labute approximate surface area is 214 Å². The number of aliphatic hydroxyl groups is 1. The minimum atomic E-state index is -1.02. The maximum absolute atomic E-state index is 11.3. The Morgan fingerprint density at radius 1 is 1.00 bits per heavy atom. The molecule has 2 unspecified atom stereocenters. The first-order chi connectivity index (χ1) is 17.8. The van der Waals surface area contributed by atoms with Crippen molar-refractivity contribution in [3.63, 3.8) is 0 Å². The third kappa shape index (κ3) is 6.62. The molecule has 0 aliphatic heterocycles. The molecule has 0 aliphatic rings. The summed E-state index contributed by atoms with van der Waals surface area (Å²) in [7, 11) is 1.64. The average Bonchev–Trinajstić information content (AvgIpc) is 2.91. The number of fused-ring (bicyclic) bond motifs is 1. The highest BCUT2D eigenvalue weighted by Crippen LogP contribution is 2.29. The fourth-order valence-corrected chi connectivity index (χ4v) is 4.32. The van der Waals surface area contributed by atoms with Crippen molar-refractivity contribution < 1.29 is 24.7 Å². The molecule has 0 fully saturated rings. The molecule has 0 radical (unpaired) electrons. The van der Waals surface area contributed by atoms with Crippen molar-refractivity contribution >= 4 is 28.1 Å². The molecular formula is C29H28N2O6. The Kier molecular flexibility index (Phi) is 8.00. The number of non-ortho nitro benzene ring substituents is 1. The summed E-state index contributed by atoms with van der Waals surface area (Å²) in [6.45, 7) is 0. The molecule has 8 heteroatoms. The number of ether oxygens (including phenoxy) is 1. The molecule has 0 saturated heterocycles. The van der Waals surface area contributed by atoms with Gasteiger partial charge in [-0.3, -0.25) is 10.1 Å². The summed E-state index contributed by atoms with van der Waals surface area (Å²) >= 11 is 0. The Bertz CT molecular complexity index is 1400. The van der Waals surface area contributed by atoms with Gasteiger partial charge >= 0.3 is 5.97 Å². The number of nitro groups is 1. The van der Waals surface area contributed by atoms with E-state index in [-0.39, 0.29) is 11.3 Å². The second kappa shape index (κ2) is 11.5. The fraction of sp³-hybridized carbons (Fsp3) is 0.207. The van der Waals surface area contributed by atoms with Crippen LogP contribution in [0.2, 0.25) is 0 Å². The second-order valence-electron chi connectivity index (χ2n) is 8.91. The first kappa shape index (κ1) is 25.7. The monoisotopic (exact) mass is 500 g/mol. The van der Waals surface area contributed by atoms with Crippen LogP contribution in [-0.4, -0.2) is 34.3 Å². The fourth-order valence-electron chi connectivity index (χ4n) is 4.32. The van der Waals surface area contributed by atoms with Crippen LogP contribution in [0.25, 0.3) is 10.8 Å². The quantitative estimate of drug-likeness (QED) is 0.171. The van der Waals surface area contributed by atoms with Crippen molar-refractivity contribution in [2.24, 2.45) is 0 Å². The van der Waals surface area contributed by atoms with Crippen LogP contribution in [-0.2, 0) is 6.42 Å².